The molecule has 0 spiro atoms. The van der Waals surface area contributed by atoms with Gasteiger partial charge in [0.05, 0.1) is 12.2 Å². The highest BCUT2D eigenvalue weighted by Gasteiger charge is 2.87. The lowest BCUT2D eigenvalue weighted by Crippen LogP contribution is -2.66. The maximum absolute atomic E-state index is 13.6. The lowest BCUT2D eigenvalue weighted by molar-refractivity contribution is -0.226. The number of ketones is 1. The number of Topliss-reactive ketones (excluding diaryl/α,β-unsaturated/α-hetero) is 1. The monoisotopic (exact) mass is 688 g/mol. The zero-order valence-corrected chi connectivity index (χ0v) is 31.4. The van der Waals surface area contributed by atoms with Gasteiger partial charge in [0.15, 0.2) is 11.4 Å². The molecule has 0 bridgehead atoms. The molecule has 8 unspecified atom stereocenters. The summed E-state index contributed by atoms with van der Waals surface area (Å²) < 4.78 is 12.3. The Morgan fingerprint density at radius 1 is 1.02 bits per heavy atom. The molecular weight excluding hydrogens is 632 g/mol. The highest BCUT2D eigenvalue weighted by molar-refractivity contribution is 6.04. The van der Waals surface area contributed by atoms with Gasteiger partial charge in [-0.25, -0.2) is 4.79 Å². The molecule has 0 aromatic rings. The van der Waals surface area contributed by atoms with E-state index in [1.165, 1.54) is 37.0 Å². The molecule has 8 atom stereocenters. The second kappa shape index (κ2) is 13.0. The highest BCUT2D eigenvalue weighted by atomic mass is 16.6. The van der Waals surface area contributed by atoms with Crippen LogP contribution in [-0.2, 0) is 23.9 Å². The highest BCUT2D eigenvalue weighted by Crippen LogP contribution is 2.77. The van der Waals surface area contributed by atoms with Crippen LogP contribution < -0.4 is 0 Å². The summed E-state index contributed by atoms with van der Waals surface area (Å²) in [4.78, 5) is 39.6. The summed E-state index contributed by atoms with van der Waals surface area (Å²) in [6.45, 7) is 18.7. The van der Waals surface area contributed by atoms with E-state index in [4.69, 9.17) is 9.47 Å². The van der Waals surface area contributed by atoms with Crippen molar-refractivity contribution >= 4 is 17.7 Å². The summed E-state index contributed by atoms with van der Waals surface area (Å²) in [6, 6.07) is 0. The first-order chi connectivity index (χ1) is 23.2. The molecule has 5 rings (SSSR count). The van der Waals surface area contributed by atoms with Crippen molar-refractivity contribution in [1.29, 1.82) is 0 Å². The van der Waals surface area contributed by atoms with Crippen molar-refractivity contribution in [2.45, 2.75) is 118 Å². The first-order valence-corrected chi connectivity index (χ1v) is 18.0. The Morgan fingerprint density at radius 2 is 1.70 bits per heavy atom. The first-order valence-electron chi connectivity index (χ1n) is 18.0. The van der Waals surface area contributed by atoms with Gasteiger partial charge in [-0.2, -0.15) is 0 Å². The van der Waals surface area contributed by atoms with Crippen LogP contribution in [0.25, 0.3) is 0 Å². The predicted octanol–water partition coefficient (Wildman–Crippen LogP) is 6.58. The summed E-state index contributed by atoms with van der Waals surface area (Å²) in [5.41, 5.74) is -0.346. The number of hydrogen-bond acceptors (Lipinski definition) is 8. The van der Waals surface area contributed by atoms with Gasteiger partial charge in [-0.3, -0.25) is 9.59 Å². The molecule has 8 heteroatoms. The summed E-state index contributed by atoms with van der Waals surface area (Å²) in [7, 11) is 0. The van der Waals surface area contributed by atoms with Crippen molar-refractivity contribution in [1.82, 2.24) is 0 Å². The number of fused-ring (bicyclic) bond motifs is 5. The molecule has 0 aromatic heterocycles. The molecule has 3 N–H and O–H groups in total. The molecule has 50 heavy (non-hydrogen) atoms. The van der Waals surface area contributed by atoms with Crippen LogP contribution in [0.2, 0.25) is 0 Å². The number of rotatable bonds is 8. The summed E-state index contributed by atoms with van der Waals surface area (Å²) in [5.74, 6) is -4.88. The Labute approximate surface area is 297 Å². The minimum atomic E-state index is -1.98. The Morgan fingerprint density at radius 3 is 2.32 bits per heavy atom. The second-order valence-corrected chi connectivity index (χ2v) is 16.8. The van der Waals surface area contributed by atoms with E-state index in [0.29, 0.717) is 16.7 Å². The third-order valence-corrected chi connectivity index (χ3v) is 12.6. The van der Waals surface area contributed by atoms with Crippen molar-refractivity contribution in [2.24, 2.45) is 34.5 Å². The Bertz CT molecular complexity index is 1680. The second-order valence-electron chi connectivity index (χ2n) is 16.8. The molecule has 0 heterocycles. The minimum Gasteiger partial charge on any atom is -0.454 e. The molecule has 0 aliphatic heterocycles. The maximum Gasteiger partial charge on any atom is 0.331 e. The average Bonchev–Trinajstić information content (AvgIpc) is 3.43. The van der Waals surface area contributed by atoms with E-state index in [9.17, 15) is 29.7 Å². The average molecular weight is 689 g/mol. The fraction of sp³-hybridized carbons (Fsp3) is 0.595. The normalized spacial score (nSPS) is 37.9. The SMILES string of the molecule is CC(=O)OC12C(OC(=O)\C=C(C)/C=C/C=C(C)/C=C/C3=C(C)CCCC3(C)C)C(C)C3(O)C(C=C(CO)CC4(O)C(=O)C(C)=CC43)C1C2(C)C. The van der Waals surface area contributed by atoms with E-state index in [2.05, 4.69) is 32.9 Å². The van der Waals surface area contributed by atoms with Crippen LogP contribution in [0, 0.1) is 34.5 Å². The van der Waals surface area contributed by atoms with E-state index < -0.39 is 76.3 Å². The van der Waals surface area contributed by atoms with Crippen LogP contribution in [0.5, 0.6) is 0 Å². The Kier molecular flexibility index (Phi) is 9.87. The maximum atomic E-state index is 13.6. The molecule has 2 fully saturated rings. The number of carbonyl (C=O) groups is 3. The Balaban J connectivity index is 1.44. The van der Waals surface area contributed by atoms with Gasteiger partial charge in [-0.1, -0.05) is 88.3 Å². The standard InChI is InChI=1S/C42H56O8/c1-24(16-17-31-26(3)15-12-18-38(31,7)8)13-11-14-25(2)19-34(45)49-37-28(5)41(48)32(35-39(9,10)42(35,37)50-29(6)44)21-30(23-43)22-40(47)33(41)20-27(4)36(40)46/h11,13-14,16-17,19-21,28,32-33,35,37,43,47-48H,12,15,18,22-23H2,1-10H3/b14-11+,17-16+,24-13+,25-19-. The fourth-order valence-corrected chi connectivity index (χ4v) is 10.1. The van der Waals surface area contributed by atoms with Gasteiger partial charge in [-0.15, -0.1) is 0 Å². The number of aliphatic hydroxyl groups excluding tert-OH is 1. The third-order valence-electron chi connectivity index (χ3n) is 12.6. The van der Waals surface area contributed by atoms with Crippen molar-refractivity contribution in [3.05, 3.63) is 82.0 Å². The predicted molar refractivity (Wildman–Crippen MR) is 192 cm³/mol. The smallest absolute Gasteiger partial charge is 0.331 e. The fourth-order valence-electron chi connectivity index (χ4n) is 10.1. The number of aliphatic hydroxyl groups is 3. The lowest BCUT2D eigenvalue weighted by atomic mass is 9.59. The van der Waals surface area contributed by atoms with E-state index >= 15 is 0 Å². The first kappa shape index (κ1) is 37.9. The molecular formula is C42H56O8. The van der Waals surface area contributed by atoms with Crippen molar-refractivity contribution < 1.29 is 39.2 Å². The minimum absolute atomic E-state index is 0.141. The number of ether oxygens (including phenoxy) is 2. The van der Waals surface area contributed by atoms with Gasteiger partial charge in [0, 0.05) is 48.5 Å². The zero-order chi connectivity index (χ0) is 37.2. The number of esters is 2. The number of hydrogen-bond donors (Lipinski definition) is 3. The van der Waals surface area contributed by atoms with E-state index in [1.54, 1.807) is 32.9 Å². The van der Waals surface area contributed by atoms with E-state index in [0.717, 1.165) is 12.0 Å². The largest absolute Gasteiger partial charge is 0.454 e. The molecule has 0 amide bonds. The molecule has 8 nitrogen and oxygen atoms in total. The van der Waals surface area contributed by atoms with Gasteiger partial charge in [0.2, 0.25) is 0 Å². The summed E-state index contributed by atoms with van der Waals surface area (Å²) in [5, 5.41) is 35.0. The molecule has 0 radical (unpaired) electrons. The molecule has 5 aliphatic carbocycles. The van der Waals surface area contributed by atoms with Gasteiger partial charge in [0.1, 0.15) is 11.7 Å². The number of carbonyl (C=O) groups excluding carboxylic acids is 3. The van der Waals surface area contributed by atoms with Crippen LogP contribution in [0.3, 0.4) is 0 Å². The quantitative estimate of drug-likeness (QED) is 0.113. The van der Waals surface area contributed by atoms with Crippen LogP contribution in [0.4, 0.5) is 0 Å². The van der Waals surface area contributed by atoms with Gasteiger partial charge >= 0.3 is 11.9 Å². The van der Waals surface area contributed by atoms with Crippen molar-refractivity contribution in [2.75, 3.05) is 6.61 Å². The zero-order valence-electron chi connectivity index (χ0n) is 31.4. The Hall–Kier alpha value is -3.33. The van der Waals surface area contributed by atoms with Crippen LogP contribution in [0.15, 0.2) is 82.0 Å². The van der Waals surface area contributed by atoms with Gasteiger partial charge in [-0.05, 0) is 74.7 Å². The third kappa shape index (κ3) is 5.95. The van der Waals surface area contributed by atoms with Crippen molar-refractivity contribution in [3.63, 3.8) is 0 Å². The summed E-state index contributed by atoms with van der Waals surface area (Å²) in [6.07, 6.45) is 17.0. The van der Waals surface area contributed by atoms with Gasteiger partial charge in [0.25, 0.3) is 0 Å². The van der Waals surface area contributed by atoms with E-state index in [1.807, 2.05) is 39.0 Å². The number of allylic oxidation sites excluding steroid dienone is 9. The van der Waals surface area contributed by atoms with Crippen molar-refractivity contribution in [3.8, 4) is 0 Å². The molecule has 272 valence electrons. The van der Waals surface area contributed by atoms with E-state index in [-0.39, 0.29) is 11.8 Å². The van der Waals surface area contributed by atoms with Crippen LogP contribution >= 0.6 is 0 Å². The lowest BCUT2D eigenvalue weighted by Gasteiger charge is -2.53. The molecule has 2 saturated carbocycles. The topological polar surface area (TPSA) is 130 Å². The molecule has 5 aliphatic rings. The molecule has 0 saturated heterocycles. The van der Waals surface area contributed by atoms with Crippen LogP contribution in [-0.4, -0.2) is 62.6 Å². The molecule has 0 aromatic carbocycles. The van der Waals surface area contributed by atoms with Crippen LogP contribution in [0.1, 0.15) is 94.9 Å². The summed E-state index contributed by atoms with van der Waals surface area (Å²) >= 11 is 0. The van der Waals surface area contributed by atoms with Gasteiger partial charge < -0.3 is 24.8 Å².